The lowest BCUT2D eigenvalue weighted by Crippen LogP contribution is -2.00. The maximum Gasteiger partial charge on any atom is 0.307 e. The zero-order valence-corrected chi connectivity index (χ0v) is 8.73. The van der Waals surface area contributed by atoms with Gasteiger partial charge in [-0.25, -0.2) is 4.98 Å². The van der Waals surface area contributed by atoms with Gasteiger partial charge in [-0.1, -0.05) is 6.07 Å². The third-order valence-electron chi connectivity index (χ3n) is 2.41. The highest BCUT2D eigenvalue weighted by molar-refractivity contribution is 5.84. The van der Waals surface area contributed by atoms with Crippen molar-refractivity contribution in [1.29, 1.82) is 0 Å². The van der Waals surface area contributed by atoms with Crippen LogP contribution in [0.25, 0.3) is 10.9 Å². The van der Waals surface area contributed by atoms with Gasteiger partial charge >= 0.3 is 5.97 Å². The second-order valence-electron chi connectivity index (χ2n) is 3.70. The normalized spacial score (nSPS) is 10.6. The molecule has 0 unspecified atom stereocenters. The Bertz CT molecular complexity index is 563. The van der Waals surface area contributed by atoms with Crippen LogP contribution in [0.1, 0.15) is 11.1 Å². The average molecular weight is 216 g/mol. The van der Waals surface area contributed by atoms with Crippen molar-refractivity contribution in [2.24, 2.45) is 0 Å². The summed E-state index contributed by atoms with van der Waals surface area (Å²) in [5.74, 6) is -1.14. The van der Waals surface area contributed by atoms with Gasteiger partial charge < -0.3 is 5.11 Å². The summed E-state index contributed by atoms with van der Waals surface area (Å²) in [6.07, 6.45) is -0.0193. The highest BCUT2D eigenvalue weighted by Crippen LogP contribution is 2.22. The molecule has 1 aromatic carbocycles. The SMILES string of the molecule is Cc1cc([O])nc2ccc(CC(=O)O)cc12. The molecule has 2 aromatic rings. The quantitative estimate of drug-likeness (QED) is 0.837. The summed E-state index contributed by atoms with van der Waals surface area (Å²) in [5.41, 5.74) is 2.14. The number of hydrogen-bond acceptors (Lipinski definition) is 2. The maximum atomic E-state index is 11.2. The number of carboxylic acids is 1. The first-order chi connectivity index (χ1) is 7.56. The number of aliphatic carboxylic acids is 1. The Morgan fingerprint density at radius 1 is 1.38 bits per heavy atom. The molecule has 0 aliphatic heterocycles. The molecule has 0 aliphatic carbocycles. The van der Waals surface area contributed by atoms with Crippen LogP contribution in [-0.4, -0.2) is 16.1 Å². The van der Waals surface area contributed by atoms with Crippen molar-refractivity contribution >= 4 is 16.9 Å². The average Bonchev–Trinajstić information content (AvgIpc) is 2.18. The first-order valence-corrected chi connectivity index (χ1v) is 4.85. The smallest absolute Gasteiger partial charge is 0.307 e. The molecule has 1 heterocycles. The van der Waals surface area contributed by atoms with Crippen LogP contribution in [0.3, 0.4) is 0 Å². The minimum Gasteiger partial charge on any atom is -0.481 e. The van der Waals surface area contributed by atoms with E-state index in [-0.39, 0.29) is 12.3 Å². The van der Waals surface area contributed by atoms with E-state index in [9.17, 15) is 9.90 Å². The summed E-state index contributed by atoms with van der Waals surface area (Å²) in [6.45, 7) is 1.82. The number of carboxylic acid groups (broad SMARTS) is 1. The van der Waals surface area contributed by atoms with Gasteiger partial charge in [0.05, 0.1) is 11.9 Å². The number of rotatable bonds is 2. The second kappa shape index (κ2) is 3.81. The van der Waals surface area contributed by atoms with Crippen LogP contribution in [0.5, 0.6) is 5.88 Å². The molecule has 4 nitrogen and oxygen atoms in total. The predicted octanol–water partition coefficient (Wildman–Crippen LogP) is 2.31. The number of nitrogens with zero attached hydrogens (tertiary/aromatic N) is 1. The number of aryl methyl sites for hydroxylation is 1. The van der Waals surface area contributed by atoms with E-state index in [0.717, 1.165) is 10.9 Å². The van der Waals surface area contributed by atoms with E-state index in [1.165, 1.54) is 6.07 Å². The Balaban J connectivity index is 2.57. The van der Waals surface area contributed by atoms with E-state index in [0.29, 0.717) is 11.1 Å². The summed E-state index contributed by atoms with van der Waals surface area (Å²) < 4.78 is 0. The monoisotopic (exact) mass is 216 g/mol. The van der Waals surface area contributed by atoms with Gasteiger partial charge in [-0.05, 0) is 30.2 Å². The highest BCUT2D eigenvalue weighted by Gasteiger charge is 2.06. The molecule has 0 saturated carbocycles. The molecule has 1 aromatic heterocycles. The lowest BCUT2D eigenvalue weighted by molar-refractivity contribution is -0.136. The van der Waals surface area contributed by atoms with Gasteiger partial charge in [-0.3, -0.25) is 9.90 Å². The zero-order chi connectivity index (χ0) is 11.7. The van der Waals surface area contributed by atoms with Crippen LogP contribution in [0, 0.1) is 6.92 Å². The molecule has 0 aliphatic rings. The van der Waals surface area contributed by atoms with Crippen molar-refractivity contribution in [3.05, 3.63) is 35.4 Å². The summed E-state index contributed by atoms with van der Waals surface area (Å²) in [6, 6.07) is 6.59. The van der Waals surface area contributed by atoms with E-state index in [4.69, 9.17) is 5.11 Å². The van der Waals surface area contributed by atoms with Crippen LogP contribution in [0.15, 0.2) is 24.3 Å². The maximum absolute atomic E-state index is 11.2. The lowest BCUT2D eigenvalue weighted by atomic mass is 10.1. The van der Waals surface area contributed by atoms with Crippen molar-refractivity contribution in [3.8, 4) is 5.88 Å². The Labute approximate surface area is 92.2 Å². The number of fused-ring (bicyclic) bond motifs is 1. The van der Waals surface area contributed by atoms with E-state index < -0.39 is 5.97 Å². The summed E-state index contributed by atoms with van der Waals surface area (Å²) in [4.78, 5) is 14.4. The third-order valence-corrected chi connectivity index (χ3v) is 2.41. The molecule has 0 atom stereocenters. The first kappa shape index (κ1) is 10.4. The molecule has 0 bridgehead atoms. The molecule has 0 spiro atoms. The van der Waals surface area contributed by atoms with E-state index >= 15 is 0 Å². The fourth-order valence-corrected chi connectivity index (χ4v) is 1.70. The van der Waals surface area contributed by atoms with Gasteiger partial charge in [0, 0.05) is 11.5 Å². The van der Waals surface area contributed by atoms with Crippen LogP contribution in [-0.2, 0) is 16.3 Å². The largest absolute Gasteiger partial charge is 0.481 e. The fraction of sp³-hybridized carbons (Fsp3) is 0.167. The molecular formula is C12H10NO3. The van der Waals surface area contributed by atoms with E-state index in [2.05, 4.69) is 4.98 Å². The molecule has 1 radical (unpaired) electrons. The van der Waals surface area contributed by atoms with Crippen molar-refractivity contribution in [2.75, 3.05) is 0 Å². The number of benzene rings is 1. The lowest BCUT2D eigenvalue weighted by Gasteiger charge is -2.03. The molecule has 0 fully saturated rings. The van der Waals surface area contributed by atoms with Crippen molar-refractivity contribution in [3.63, 3.8) is 0 Å². The number of hydrogen-bond donors (Lipinski definition) is 1. The minimum atomic E-state index is -0.870. The Hall–Kier alpha value is -2.10. The fourth-order valence-electron chi connectivity index (χ4n) is 1.70. The van der Waals surface area contributed by atoms with Gasteiger partial charge in [0.1, 0.15) is 0 Å². The van der Waals surface area contributed by atoms with Gasteiger partial charge in [0.15, 0.2) is 0 Å². The minimum absolute atomic E-state index is 0.0193. The molecule has 0 amide bonds. The molecule has 1 N–H and O–H groups in total. The third kappa shape index (κ3) is 1.95. The van der Waals surface area contributed by atoms with E-state index in [1.54, 1.807) is 18.2 Å². The van der Waals surface area contributed by atoms with Gasteiger partial charge in [0.25, 0.3) is 5.88 Å². The standard InChI is InChI=1S/C12H10NO3/c1-7-4-11(14)13-10-3-2-8(5-9(7)10)6-12(15)16/h2-5H,6H2,1H3,(H,15,16). The van der Waals surface area contributed by atoms with Gasteiger partial charge in [0.2, 0.25) is 0 Å². The van der Waals surface area contributed by atoms with Crippen molar-refractivity contribution in [1.82, 2.24) is 4.98 Å². The first-order valence-electron chi connectivity index (χ1n) is 4.85. The van der Waals surface area contributed by atoms with Crippen molar-refractivity contribution in [2.45, 2.75) is 13.3 Å². The summed E-state index contributed by atoms with van der Waals surface area (Å²) >= 11 is 0. The number of pyridine rings is 1. The van der Waals surface area contributed by atoms with Crippen LogP contribution in [0.2, 0.25) is 0 Å². The number of aromatic nitrogens is 1. The Kier molecular flexibility index (Phi) is 2.48. The van der Waals surface area contributed by atoms with Crippen molar-refractivity contribution < 1.29 is 15.0 Å². The second-order valence-corrected chi connectivity index (χ2v) is 3.70. The summed E-state index contributed by atoms with van der Waals surface area (Å²) in [5, 5.41) is 20.7. The zero-order valence-electron chi connectivity index (χ0n) is 8.73. The molecule has 4 heteroatoms. The Morgan fingerprint density at radius 2 is 2.12 bits per heavy atom. The topological polar surface area (TPSA) is 70.1 Å². The van der Waals surface area contributed by atoms with Crippen LogP contribution >= 0.6 is 0 Å². The molecule has 2 rings (SSSR count). The van der Waals surface area contributed by atoms with Crippen LogP contribution < -0.4 is 0 Å². The molecule has 16 heavy (non-hydrogen) atoms. The predicted molar refractivity (Wildman–Crippen MR) is 58.0 cm³/mol. The molecule has 0 saturated heterocycles. The number of carbonyl (C=O) groups is 1. The molecule has 81 valence electrons. The van der Waals surface area contributed by atoms with Gasteiger partial charge in [-0.2, -0.15) is 0 Å². The van der Waals surface area contributed by atoms with E-state index in [1.807, 2.05) is 6.92 Å². The van der Waals surface area contributed by atoms with Crippen LogP contribution in [0.4, 0.5) is 0 Å². The molecular weight excluding hydrogens is 206 g/mol. The highest BCUT2D eigenvalue weighted by atomic mass is 16.4. The van der Waals surface area contributed by atoms with Gasteiger partial charge in [-0.15, -0.1) is 0 Å². The summed E-state index contributed by atoms with van der Waals surface area (Å²) in [7, 11) is 0. The Morgan fingerprint density at radius 3 is 2.81 bits per heavy atom.